The maximum Gasteiger partial charge on any atom is 0.329 e. The van der Waals surface area contributed by atoms with Crippen LogP contribution in [0, 0.1) is 0 Å². The third kappa shape index (κ3) is 3.56. The third-order valence-electron chi connectivity index (χ3n) is 4.41. The number of H-pyrrole nitrogens is 1. The van der Waals surface area contributed by atoms with Crippen molar-refractivity contribution in [3.8, 4) is 0 Å². The third-order valence-corrected chi connectivity index (χ3v) is 5.40. The first kappa shape index (κ1) is 17.5. The number of Topliss-reactive ketones (excluding diaryl/α,β-unsaturated/α-hetero) is 1. The van der Waals surface area contributed by atoms with E-state index >= 15 is 0 Å². The quantitative estimate of drug-likeness (QED) is 0.607. The van der Waals surface area contributed by atoms with Crippen LogP contribution in [0.25, 0.3) is 0 Å². The molecule has 0 bridgehead atoms. The van der Waals surface area contributed by atoms with Gasteiger partial charge in [-0.3, -0.25) is 19.1 Å². The largest absolute Gasteiger partial charge is 0.384 e. The lowest BCUT2D eigenvalue weighted by molar-refractivity contribution is 0.102. The number of nitrogen functional groups attached to an aromatic ring is 1. The minimum Gasteiger partial charge on any atom is -0.384 e. The molecule has 1 aromatic carbocycles. The molecule has 1 aromatic heterocycles. The fraction of sp³-hybridized carbons (Fsp3) is 0.389. The summed E-state index contributed by atoms with van der Waals surface area (Å²) in [5, 5.41) is 0. The molecule has 0 fully saturated rings. The number of hydrogen-bond donors (Lipinski definition) is 2. The highest BCUT2D eigenvalue weighted by Gasteiger charge is 2.19. The molecule has 1 aliphatic carbocycles. The van der Waals surface area contributed by atoms with E-state index in [1.165, 1.54) is 33.9 Å². The lowest BCUT2D eigenvalue weighted by atomic mass is 10.1. The zero-order valence-corrected chi connectivity index (χ0v) is 14.9. The summed E-state index contributed by atoms with van der Waals surface area (Å²) in [4.78, 5) is 39.6. The van der Waals surface area contributed by atoms with E-state index in [4.69, 9.17) is 5.73 Å². The summed E-state index contributed by atoms with van der Waals surface area (Å²) in [6.07, 6.45) is 4.04. The first-order valence-corrected chi connectivity index (χ1v) is 9.40. The summed E-state index contributed by atoms with van der Waals surface area (Å²) in [6, 6.07) is 6.23. The van der Waals surface area contributed by atoms with Gasteiger partial charge in [0.2, 0.25) is 0 Å². The summed E-state index contributed by atoms with van der Waals surface area (Å²) < 4.78 is 1.24. The summed E-state index contributed by atoms with van der Waals surface area (Å²) >= 11 is 1.38. The second-order valence-corrected chi connectivity index (χ2v) is 7.22. The molecule has 1 heterocycles. The Morgan fingerprint density at radius 1 is 1.28 bits per heavy atom. The molecule has 132 valence electrons. The minimum atomic E-state index is -0.714. The molecule has 3 rings (SSSR count). The molecular weight excluding hydrogens is 338 g/mol. The lowest BCUT2D eigenvalue weighted by Gasteiger charge is -2.11. The van der Waals surface area contributed by atoms with Crippen LogP contribution in [0.15, 0.2) is 32.7 Å². The number of carbonyl (C=O) groups excluding carboxylic acids is 1. The molecule has 0 radical (unpaired) electrons. The predicted octanol–water partition coefficient (Wildman–Crippen LogP) is 1.99. The number of benzene rings is 1. The highest BCUT2D eigenvalue weighted by Crippen LogP contribution is 2.28. The predicted molar refractivity (Wildman–Crippen MR) is 99.5 cm³/mol. The molecule has 0 saturated heterocycles. The average molecular weight is 359 g/mol. The molecule has 25 heavy (non-hydrogen) atoms. The molecule has 0 saturated carbocycles. The number of carbonyl (C=O) groups is 1. The molecule has 0 aliphatic heterocycles. The number of nitrogens with two attached hydrogens (primary N) is 1. The van der Waals surface area contributed by atoms with E-state index in [-0.39, 0.29) is 22.9 Å². The second-order valence-electron chi connectivity index (χ2n) is 6.17. The molecule has 0 amide bonds. The van der Waals surface area contributed by atoms with Gasteiger partial charge in [0.25, 0.3) is 5.56 Å². The average Bonchev–Trinajstić information content (AvgIpc) is 3.04. The van der Waals surface area contributed by atoms with Crippen LogP contribution in [0.2, 0.25) is 0 Å². The fourth-order valence-electron chi connectivity index (χ4n) is 3.16. The van der Waals surface area contributed by atoms with Crippen molar-refractivity contribution in [2.24, 2.45) is 0 Å². The van der Waals surface area contributed by atoms with E-state index in [9.17, 15) is 14.4 Å². The van der Waals surface area contributed by atoms with E-state index in [1.807, 2.05) is 13.0 Å². The van der Waals surface area contributed by atoms with Gasteiger partial charge in [0.05, 0.1) is 5.75 Å². The number of aryl methyl sites for hydroxylation is 2. The number of rotatable bonds is 6. The van der Waals surface area contributed by atoms with Crippen molar-refractivity contribution in [2.45, 2.75) is 44.0 Å². The van der Waals surface area contributed by atoms with Crippen LogP contribution in [-0.2, 0) is 19.4 Å². The van der Waals surface area contributed by atoms with Crippen molar-refractivity contribution >= 4 is 23.4 Å². The number of fused-ring (bicyclic) bond motifs is 1. The number of hydrogen-bond acceptors (Lipinski definition) is 5. The van der Waals surface area contributed by atoms with Crippen molar-refractivity contribution in [3.05, 3.63) is 55.7 Å². The number of thioether (sulfide) groups is 1. The minimum absolute atomic E-state index is 0.0462. The van der Waals surface area contributed by atoms with Gasteiger partial charge in [-0.1, -0.05) is 13.0 Å². The monoisotopic (exact) mass is 359 g/mol. The topological polar surface area (TPSA) is 97.9 Å². The van der Waals surface area contributed by atoms with Crippen molar-refractivity contribution in [2.75, 3.05) is 11.5 Å². The zero-order chi connectivity index (χ0) is 18.0. The summed E-state index contributed by atoms with van der Waals surface area (Å²) in [6.45, 7) is 2.25. The highest BCUT2D eigenvalue weighted by molar-refractivity contribution is 8.00. The molecular formula is C18H21N3O3S. The lowest BCUT2D eigenvalue weighted by Crippen LogP contribution is -2.36. The Kier molecular flexibility index (Phi) is 5.13. The Morgan fingerprint density at radius 2 is 2.04 bits per heavy atom. The maximum atomic E-state index is 12.5. The normalized spacial score (nSPS) is 13.0. The molecule has 6 nitrogen and oxygen atoms in total. The molecule has 0 unspecified atom stereocenters. The Labute approximate surface area is 149 Å². The number of aromatic amines is 1. The Hall–Kier alpha value is -2.28. The molecule has 0 spiro atoms. The van der Waals surface area contributed by atoms with Crippen LogP contribution >= 0.6 is 11.8 Å². The van der Waals surface area contributed by atoms with Crippen LogP contribution in [0.5, 0.6) is 0 Å². The Morgan fingerprint density at radius 3 is 2.80 bits per heavy atom. The van der Waals surface area contributed by atoms with Gasteiger partial charge >= 0.3 is 5.69 Å². The van der Waals surface area contributed by atoms with E-state index in [0.29, 0.717) is 13.0 Å². The van der Waals surface area contributed by atoms with Gasteiger partial charge in [0.15, 0.2) is 5.78 Å². The number of aromatic nitrogens is 2. The first-order chi connectivity index (χ1) is 12.0. The van der Waals surface area contributed by atoms with Gasteiger partial charge in [-0.15, -0.1) is 11.8 Å². The molecule has 1 aliphatic rings. The Bertz CT molecular complexity index is 930. The first-order valence-electron chi connectivity index (χ1n) is 8.41. The van der Waals surface area contributed by atoms with Crippen molar-refractivity contribution in [1.82, 2.24) is 9.55 Å². The number of anilines is 1. The summed E-state index contributed by atoms with van der Waals surface area (Å²) in [5.74, 6) is -0.305. The van der Waals surface area contributed by atoms with Gasteiger partial charge in [-0.2, -0.15) is 0 Å². The van der Waals surface area contributed by atoms with Gasteiger partial charge in [-0.25, -0.2) is 4.79 Å². The number of ketones is 1. The van der Waals surface area contributed by atoms with E-state index in [0.717, 1.165) is 17.7 Å². The molecule has 2 aromatic rings. The van der Waals surface area contributed by atoms with Crippen LogP contribution in [0.4, 0.5) is 5.82 Å². The van der Waals surface area contributed by atoms with Gasteiger partial charge in [0.1, 0.15) is 11.4 Å². The van der Waals surface area contributed by atoms with Crippen LogP contribution in [0.3, 0.4) is 0 Å². The van der Waals surface area contributed by atoms with E-state index in [2.05, 4.69) is 17.1 Å². The number of nitrogens with one attached hydrogen (secondary N) is 1. The molecule has 7 heteroatoms. The van der Waals surface area contributed by atoms with Crippen molar-refractivity contribution in [1.29, 1.82) is 0 Å². The fourth-order valence-corrected chi connectivity index (χ4v) is 3.99. The second kappa shape index (κ2) is 7.31. The van der Waals surface area contributed by atoms with Gasteiger partial charge in [-0.05, 0) is 48.9 Å². The van der Waals surface area contributed by atoms with Crippen LogP contribution in [0.1, 0.15) is 41.3 Å². The Balaban J connectivity index is 1.81. The van der Waals surface area contributed by atoms with Crippen LogP contribution < -0.4 is 17.0 Å². The molecule has 0 atom stereocenters. The van der Waals surface area contributed by atoms with Gasteiger partial charge in [0, 0.05) is 11.4 Å². The number of nitrogens with zero attached hydrogens (tertiary/aromatic N) is 1. The molecule has 3 N–H and O–H groups in total. The van der Waals surface area contributed by atoms with Crippen molar-refractivity contribution in [3.63, 3.8) is 0 Å². The van der Waals surface area contributed by atoms with Gasteiger partial charge < -0.3 is 5.73 Å². The standard InChI is InChI=1S/C18H21N3O3S/c1-2-8-21-16(19)15(17(23)20-18(21)24)14(22)10-25-13-7-6-11-4-3-5-12(11)9-13/h6-7,9H,2-5,8,10,19H2,1H3,(H,20,23,24). The zero-order valence-electron chi connectivity index (χ0n) is 14.1. The summed E-state index contributed by atoms with van der Waals surface area (Å²) in [7, 11) is 0. The summed E-state index contributed by atoms with van der Waals surface area (Å²) in [5.41, 5.74) is 7.23. The highest BCUT2D eigenvalue weighted by atomic mass is 32.2. The SMILES string of the molecule is CCCn1c(N)c(C(=O)CSc2ccc3c(c2)CCC3)c(=O)[nH]c1=O. The van der Waals surface area contributed by atoms with E-state index < -0.39 is 11.2 Å². The smallest absolute Gasteiger partial charge is 0.329 e. The maximum absolute atomic E-state index is 12.5. The van der Waals surface area contributed by atoms with E-state index in [1.54, 1.807) is 0 Å². The van der Waals surface area contributed by atoms with Crippen LogP contribution in [-0.4, -0.2) is 21.1 Å². The van der Waals surface area contributed by atoms with Crippen molar-refractivity contribution < 1.29 is 4.79 Å².